The van der Waals surface area contributed by atoms with Gasteiger partial charge in [0.15, 0.2) is 0 Å². The monoisotopic (exact) mass is 366 g/mol. The number of H-pyrrole nitrogens is 1. The predicted octanol–water partition coefficient (Wildman–Crippen LogP) is 5.54. The van der Waals surface area contributed by atoms with E-state index < -0.39 is 0 Å². The number of nitrogen functional groups attached to an aromatic ring is 1. The zero-order valence-corrected chi connectivity index (χ0v) is 15.7. The normalized spacial score (nSPS) is 14.1. The third-order valence-electron chi connectivity index (χ3n) is 5.70. The van der Waals surface area contributed by atoms with Crippen LogP contribution in [0.3, 0.4) is 0 Å². The second-order valence-electron chi connectivity index (χ2n) is 7.60. The molecule has 1 atom stereocenters. The van der Waals surface area contributed by atoms with E-state index >= 15 is 0 Å². The number of benzene rings is 3. The highest BCUT2D eigenvalue weighted by Crippen LogP contribution is 2.45. The minimum absolute atomic E-state index is 0.0999. The number of aromatic amines is 1. The molecule has 138 valence electrons. The standard InChI is InChI=1S/C25H22N2O/c1-15-2-9-21-23(14-27-24(21)12-15)25(16-3-6-18(26)7-4-16)22-10-5-17-13-19(28)8-11-20(17)22/h2-4,6-14,25,27-28H,5,26H2,1H3. The zero-order valence-electron chi connectivity index (χ0n) is 15.7. The van der Waals surface area contributed by atoms with E-state index in [2.05, 4.69) is 54.5 Å². The van der Waals surface area contributed by atoms with Gasteiger partial charge >= 0.3 is 0 Å². The smallest absolute Gasteiger partial charge is 0.115 e. The fourth-order valence-electron chi connectivity index (χ4n) is 4.35. The van der Waals surface area contributed by atoms with Gasteiger partial charge in [0.25, 0.3) is 0 Å². The Labute approximate surface area is 164 Å². The van der Waals surface area contributed by atoms with Gasteiger partial charge in [-0.3, -0.25) is 0 Å². The number of allylic oxidation sites excluding steroid dienone is 2. The molecule has 0 bridgehead atoms. The molecule has 0 fully saturated rings. The van der Waals surface area contributed by atoms with Crippen molar-refractivity contribution in [3.63, 3.8) is 0 Å². The summed E-state index contributed by atoms with van der Waals surface area (Å²) in [5, 5.41) is 11.1. The van der Waals surface area contributed by atoms with Crippen LogP contribution in [0.25, 0.3) is 16.5 Å². The largest absolute Gasteiger partial charge is 0.508 e. The van der Waals surface area contributed by atoms with Gasteiger partial charge in [-0.2, -0.15) is 0 Å². The molecular formula is C25H22N2O. The topological polar surface area (TPSA) is 62.0 Å². The molecule has 3 aromatic carbocycles. The molecule has 0 aliphatic heterocycles. The molecule has 1 heterocycles. The van der Waals surface area contributed by atoms with Crippen LogP contribution in [0.4, 0.5) is 5.69 Å². The molecule has 0 saturated carbocycles. The average Bonchev–Trinajstić information content (AvgIpc) is 3.28. The van der Waals surface area contributed by atoms with Crippen molar-refractivity contribution in [1.82, 2.24) is 4.98 Å². The van der Waals surface area contributed by atoms with E-state index in [4.69, 9.17) is 5.73 Å². The average molecular weight is 366 g/mol. The molecule has 4 aromatic rings. The molecule has 0 radical (unpaired) electrons. The maximum Gasteiger partial charge on any atom is 0.115 e. The molecule has 0 spiro atoms. The fraction of sp³-hybridized carbons (Fsp3) is 0.120. The Bertz CT molecular complexity index is 1220. The molecule has 1 aliphatic carbocycles. The van der Waals surface area contributed by atoms with Crippen molar-refractivity contribution in [3.05, 3.63) is 101 Å². The quantitative estimate of drug-likeness (QED) is 0.417. The van der Waals surface area contributed by atoms with Gasteiger partial charge < -0.3 is 15.8 Å². The molecule has 0 amide bonds. The highest BCUT2D eigenvalue weighted by atomic mass is 16.3. The molecule has 4 N–H and O–H groups in total. The van der Waals surface area contributed by atoms with Crippen molar-refractivity contribution in [2.45, 2.75) is 19.3 Å². The Kier molecular flexibility index (Phi) is 3.76. The number of hydrogen-bond acceptors (Lipinski definition) is 2. The van der Waals surface area contributed by atoms with Gasteiger partial charge in [0, 0.05) is 28.7 Å². The number of nitrogens with two attached hydrogens (primary N) is 1. The van der Waals surface area contributed by atoms with Crippen molar-refractivity contribution in [1.29, 1.82) is 0 Å². The summed E-state index contributed by atoms with van der Waals surface area (Å²) in [5.41, 5.74) is 15.2. The van der Waals surface area contributed by atoms with Gasteiger partial charge in [-0.25, -0.2) is 0 Å². The SMILES string of the molecule is Cc1ccc2c(C(C3=CCc4cc(O)ccc43)c3ccc(N)cc3)c[nH]c2c1. The Morgan fingerprint density at radius 3 is 2.64 bits per heavy atom. The first kappa shape index (κ1) is 16.7. The molecule has 28 heavy (non-hydrogen) atoms. The van der Waals surface area contributed by atoms with Gasteiger partial charge in [-0.05, 0) is 77.1 Å². The van der Waals surface area contributed by atoms with Gasteiger partial charge in [0.2, 0.25) is 0 Å². The van der Waals surface area contributed by atoms with Crippen LogP contribution in [0.5, 0.6) is 5.75 Å². The summed E-state index contributed by atoms with van der Waals surface area (Å²) in [6.07, 6.45) is 5.26. The molecule has 3 heteroatoms. The van der Waals surface area contributed by atoms with Gasteiger partial charge in [0.1, 0.15) is 5.75 Å². The summed E-state index contributed by atoms with van der Waals surface area (Å²) >= 11 is 0. The second kappa shape index (κ2) is 6.31. The van der Waals surface area contributed by atoms with Gasteiger partial charge in [-0.1, -0.05) is 36.4 Å². The maximum absolute atomic E-state index is 9.88. The lowest BCUT2D eigenvalue weighted by Crippen LogP contribution is -2.03. The van der Waals surface area contributed by atoms with Crippen molar-refractivity contribution in [2.24, 2.45) is 0 Å². The minimum atomic E-state index is 0.0999. The Hall–Kier alpha value is -3.46. The van der Waals surface area contributed by atoms with Crippen LogP contribution in [0, 0.1) is 6.92 Å². The number of hydrogen-bond donors (Lipinski definition) is 3. The summed E-state index contributed by atoms with van der Waals surface area (Å²) in [5.74, 6) is 0.419. The number of phenolic OH excluding ortho intramolecular Hbond substituents is 1. The number of fused-ring (bicyclic) bond motifs is 2. The first-order chi connectivity index (χ1) is 13.6. The number of aromatic nitrogens is 1. The number of rotatable bonds is 3. The number of phenols is 1. The predicted molar refractivity (Wildman–Crippen MR) is 116 cm³/mol. The lowest BCUT2D eigenvalue weighted by atomic mass is 9.82. The van der Waals surface area contributed by atoms with Crippen LogP contribution in [0.2, 0.25) is 0 Å². The van der Waals surface area contributed by atoms with E-state index in [1.807, 2.05) is 24.3 Å². The fourth-order valence-corrected chi connectivity index (χ4v) is 4.35. The first-order valence-corrected chi connectivity index (χ1v) is 9.55. The van der Waals surface area contributed by atoms with Crippen molar-refractivity contribution in [2.75, 3.05) is 5.73 Å². The van der Waals surface area contributed by atoms with Crippen molar-refractivity contribution < 1.29 is 5.11 Å². The highest BCUT2D eigenvalue weighted by molar-refractivity contribution is 5.90. The molecule has 0 saturated heterocycles. The molecule has 3 nitrogen and oxygen atoms in total. The van der Waals surface area contributed by atoms with E-state index in [-0.39, 0.29) is 5.92 Å². The summed E-state index contributed by atoms with van der Waals surface area (Å²) < 4.78 is 0. The third-order valence-corrected chi connectivity index (χ3v) is 5.70. The van der Waals surface area contributed by atoms with Crippen LogP contribution in [0.1, 0.15) is 33.7 Å². The number of anilines is 1. The van der Waals surface area contributed by atoms with Crippen LogP contribution in [0.15, 0.2) is 72.9 Å². The summed E-state index contributed by atoms with van der Waals surface area (Å²) in [7, 11) is 0. The molecule has 5 rings (SSSR count). The maximum atomic E-state index is 9.88. The zero-order chi connectivity index (χ0) is 19.3. The van der Waals surface area contributed by atoms with E-state index in [1.165, 1.54) is 38.8 Å². The lowest BCUT2D eigenvalue weighted by molar-refractivity contribution is 0.474. The van der Waals surface area contributed by atoms with Crippen LogP contribution < -0.4 is 5.73 Å². The molecule has 1 aromatic heterocycles. The molecule has 1 aliphatic rings. The van der Waals surface area contributed by atoms with Crippen LogP contribution in [-0.2, 0) is 6.42 Å². The third kappa shape index (κ3) is 2.67. The van der Waals surface area contributed by atoms with E-state index in [0.717, 1.165) is 17.6 Å². The van der Waals surface area contributed by atoms with E-state index in [9.17, 15) is 5.11 Å². The first-order valence-electron chi connectivity index (χ1n) is 9.55. The van der Waals surface area contributed by atoms with Crippen molar-refractivity contribution >= 4 is 22.2 Å². The van der Waals surface area contributed by atoms with E-state index in [1.54, 1.807) is 6.07 Å². The Morgan fingerprint density at radius 1 is 1.00 bits per heavy atom. The highest BCUT2D eigenvalue weighted by Gasteiger charge is 2.27. The summed E-state index contributed by atoms with van der Waals surface area (Å²) in [6.45, 7) is 2.11. The Balaban J connectivity index is 1.72. The summed E-state index contributed by atoms with van der Waals surface area (Å²) in [4.78, 5) is 3.46. The minimum Gasteiger partial charge on any atom is -0.508 e. The van der Waals surface area contributed by atoms with Gasteiger partial charge in [0.05, 0.1) is 0 Å². The Morgan fingerprint density at radius 2 is 1.82 bits per heavy atom. The molecular weight excluding hydrogens is 344 g/mol. The summed E-state index contributed by atoms with van der Waals surface area (Å²) in [6, 6.07) is 20.4. The number of aromatic hydroxyl groups is 1. The molecule has 1 unspecified atom stereocenters. The van der Waals surface area contributed by atoms with E-state index in [0.29, 0.717) is 5.75 Å². The lowest BCUT2D eigenvalue weighted by Gasteiger charge is -2.21. The number of aryl methyl sites for hydroxylation is 1. The van der Waals surface area contributed by atoms with Crippen molar-refractivity contribution in [3.8, 4) is 5.75 Å². The van der Waals surface area contributed by atoms with Crippen LogP contribution in [-0.4, -0.2) is 10.1 Å². The second-order valence-corrected chi connectivity index (χ2v) is 7.60. The number of nitrogens with one attached hydrogen (secondary N) is 1. The van der Waals surface area contributed by atoms with Gasteiger partial charge in [-0.15, -0.1) is 0 Å². The van der Waals surface area contributed by atoms with Crippen LogP contribution >= 0.6 is 0 Å².